The van der Waals surface area contributed by atoms with E-state index in [0.717, 1.165) is 16.5 Å². The van der Waals surface area contributed by atoms with Gasteiger partial charge >= 0.3 is 0 Å². The summed E-state index contributed by atoms with van der Waals surface area (Å²) in [6.07, 6.45) is 1.48. The minimum atomic E-state index is 0.731. The molecule has 0 aliphatic carbocycles. The lowest BCUT2D eigenvalue weighted by molar-refractivity contribution is 1.09. The van der Waals surface area contributed by atoms with Gasteiger partial charge in [-0.15, -0.1) is 11.3 Å². The standard InChI is InChI=1S/C6H6N4S.C2H6/c1-4-9-5(2-11-4)6-7-3-8-10-6;1-2/h2-3H,1H3,(H,7,8,10);1-2H3. The topological polar surface area (TPSA) is 54.5 Å². The predicted octanol–water partition coefficient (Wildman–Crippen LogP) is 2.26. The van der Waals surface area contributed by atoms with Gasteiger partial charge in [-0.25, -0.2) is 9.97 Å². The van der Waals surface area contributed by atoms with Crippen molar-refractivity contribution in [2.45, 2.75) is 20.8 Å². The van der Waals surface area contributed by atoms with Gasteiger partial charge in [0.25, 0.3) is 0 Å². The van der Waals surface area contributed by atoms with Crippen LogP contribution in [0.5, 0.6) is 0 Å². The molecule has 0 saturated heterocycles. The van der Waals surface area contributed by atoms with Gasteiger partial charge in [0.05, 0.1) is 5.01 Å². The molecular weight excluding hydrogens is 184 g/mol. The van der Waals surface area contributed by atoms with E-state index in [9.17, 15) is 0 Å². The first-order valence-electron chi connectivity index (χ1n) is 4.14. The second-order valence-electron chi connectivity index (χ2n) is 2.09. The van der Waals surface area contributed by atoms with Crippen LogP contribution in [0.25, 0.3) is 11.5 Å². The van der Waals surface area contributed by atoms with E-state index in [-0.39, 0.29) is 0 Å². The zero-order valence-electron chi connectivity index (χ0n) is 7.90. The number of thiazole rings is 1. The van der Waals surface area contributed by atoms with Gasteiger partial charge in [0.15, 0.2) is 5.82 Å². The molecule has 1 N–H and O–H groups in total. The SMILES string of the molecule is CC.Cc1nc(-c2ncn[nH]2)cs1. The molecule has 0 saturated carbocycles. The van der Waals surface area contributed by atoms with Crippen molar-refractivity contribution in [3.63, 3.8) is 0 Å². The van der Waals surface area contributed by atoms with Gasteiger partial charge in [0.2, 0.25) is 0 Å². The van der Waals surface area contributed by atoms with Gasteiger partial charge in [-0.3, -0.25) is 5.10 Å². The fourth-order valence-electron chi connectivity index (χ4n) is 0.801. The maximum absolute atomic E-state index is 4.24. The molecule has 0 aliphatic rings. The highest BCUT2D eigenvalue weighted by Crippen LogP contribution is 2.16. The van der Waals surface area contributed by atoms with Crippen LogP contribution in [0.1, 0.15) is 18.9 Å². The molecule has 70 valence electrons. The molecule has 0 bridgehead atoms. The second-order valence-corrected chi connectivity index (χ2v) is 3.15. The molecule has 0 fully saturated rings. The molecule has 2 aromatic rings. The maximum atomic E-state index is 4.24. The Hall–Kier alpha value is -1.23. The summed E-state index contributed by atoms with van der Waals surface area (Å²) in [4.78, 5) is 8.22. The summed E-state index contributed by atoms with van der Waals surface area (Å²) < 4.78 is 0. The lowest BCUT2D eigenvalue weighted by Gasteiger charge is -1.83. The fraction of sp³-hybridized carbons (Fsp3) is 0.375. The maximum Gasteiger partial charge on any atom is 0.174 e. The molecule has 5 heteroatoms. The minimum Gasteiger partial charge on any atom is -0.258 e. The molecule has 0 spiro atoms. The van der Waals surface area contributed by atoms with E-state index in [4.69, 9.17) is 0 Å². The van der Waals surface area contributed by atoms with Crippen LogP contribution < -0.4 is 0 Å². The highest BCUT2D eigenvalue weighted by Gasteiger charge is 2.02. The van der Waals surface area contributed by atoms with Crippen molar-refractivity contribution < 1.29 is 0 Å². The molecule has 0 aliphatic heterocycles. The van der Waals surface area contributed by atoms with Crippen molar-refractivity contribution in [3.05, 3.63) is 16.7 Å². The quantitative estimate of drug-likeness (QED) is 0.761. The largest absolute Gasteiger partial charge is 0.258 e. The number of nitrogens with one attached hydrogen (secondary N) is 1. The third-order valence-corrected chi connectivity index (χ3v) is 2.05. The predicted molar refractivity (Wildman–Crippen MR) is 53.6 cm³/mol. The Bertz CT molecular complexity index is 339. The lowest BCUT2D eigenvalue weighted by Crippen LogP contribution is -1.79. The Balaban J connectivity index is 0.000000396. The minimum absolute atomic E-state index is 0.731. The summed E-state index contributed by atoms with van der Waals surface area (Å²) in [6.45, 7) is 5.96. The van der Waals surface area contributed by atoms with Crippen molar-refractivity contribution in [2.75, 3.05) is 0 Å². The van der Waals surface area contributed by atoms with Crippen LogP contribution in [-0.2, 0) is 0 Å². The van der Waals surface area contributed by atoms with E-state index in [1.165, 1.54) is 6.33 Å². The van der Waals surface area contributed by atoms with Crippen molar-refractivity contribution in [1.82, 2.24) is 20.2 Å². The first-order chi connectivity index (χ1) is 6.36. The first-order valence-corrected chi connectivity index (χ1v) is 5.02. The molecule has 4 nitrogen and oxygen atoms in total. The summed E-state index contributed by atoms with van der Waals surface area (Å²) >= 11 is 1.60. The number of nitrogens with zero attached hydrogens (tertiary/aromatic N) is 3. The van der Waals surface area contributed by atoms with E-state index in [0.29, 0.717) is 0 Å². The number of hydrogen-bond donors (Lipinski definition) is 1. The van der Waals surface area contributed by atoms with Gasteiger partial charge < -0.3 is 0 Å². The average molecular weight is 196 g/mol. The van der Waals surface area contributed by atoms with Crippen LogP contribution in [0.3, 0.4) is 0 Å². The van der Waals surface area contributed by atoms with Crippen LogP contribution in [0.4, 0.5) is 0 Å². The van der Waals surface area contributed by atoms with E-state index in [2.05, 4.69) is 20.2 Å². The van der Waals surface area contributed by atoms with Crippen LogP contribution in [-0.4, -0.2) is 20.2 Å². The molecule has 0 amide bonds. The van der Waals surface area contributed by atoms with Crippen molar-refractivity contribution in [1.29, 1.82) is 0 Å². The summed E-state index contributed by atoms with van der Waals surface area (Å²) in [5.41, 5.74) is 0.866. The van der Waals surface area contributed by atoms with E-state index in [1.54, 1.807) is 11.3 Å². The summed E-state index contributed by atoms with van der Waals surface area (Å²) in [7, 11) is 0. The van der Waals surface area contributed by atoms with Gasteiger partial charge in [-0.2, -0.15) is 5.10 Å². The summed E-state index contributed by atoms with van der Waals surface area (Å²) in [5, 5.41) is 9.48. The average Bonchev–Trinajstić information content (AvgIpc) is 2.77. The number of rotatable bonds is 1. The number of H-pyrrole nitrogens is 1. The Morgan fingerprint density at radius 2 is 2.15 bits per heavy atom. The summed E-state index contributed by atoms with van der Waals surface area (Å²) in [5.74, 6) is 0.731. The monoisotopic (exact) mass is 196 g/mol. The van der Waals surface area contributed by atoms with E-state index < -0.39 is 0 Å². The van der Waals surface area contributed by atoms with Gasteiger partial charge in [0.1, 0.15) is 12.0 Å². The fourth-order valence-corrected chi connectivity index (χ4v) is 1.40. The normalized spacial score (nSPS) is 9.15. The lowest BCUT2D eigenvalue weighted by atomic mass is 10.5. The van der Waals surface area contributed by atoms with Crippen LogP contribution >= 0.6 is 11.3 Å². The molecule has 2 heterocycles. The number of aromatic amines is 1. The van der Waals surface area contributed by atoms with Gasteiger partial charge in [-0.1, -0.05) is 13.8 Å². The molecule has 2 rings (SSSR count). The molecule has 0 radical (unpaired) electrons. The summed E-state index contributed by atoms with van der Waals surface area (Å²) in [6, 6.07) is 0. The molecular formula is C8H12N4S. The van der Waals surface area contributed by atoms with Crippen molar-refractivity contribution >= 4 is 11.3 Å². The van der Waals surface area contributed by atoms with E-state index in [1.807, 2.05) is 26.2 Å². The van der Waals surface area contributed by atoms with Gasteiger partial charge in [0, 0.05) is 5.38 Å². The Morgan fingerprint density at radius 3 is 2.62 bits per heavy atom. The zero-order valence-corrected chi connectivity index (χ0v) is 8.72. The molecule has 0 unspecified atom stereocenters. The van der Waals surface area contributed by atoms with Crippen LogP contribution in [0, 0.1) is 6.92 Å². The van der Waals surface area contributed by atoms with Crippen LogP contribution in [0.15, 0.2) is 11.7 Å². The number of aryl methyl sites for hydroxylation is 1. The number of aromatic nitrogens is 4. The molecule has 0 atom stereocenters. The third-order valence-electron chi connectivity index (χ3n) is 1.28. The highest BCUT2D eigenvalue weighted by atomic mass is 32.1. The zero-order chi connectivity index (χ0) is 9.68. The molecule has 0 aromatic carbocycles. The Kier molecular flexibility index (Phi) is 3.57. The van der Waals surface area contributed by atoms with E-state index >= 15 is 0 Å². The molecule has 13 heavy (non-hydrogen) atoms. The molecule has 2 aromatic heterocycles. The van der Waals surface area contributed by atoms with Crippen molar-refractivity contribution in [3.8, 4) is 11.5 Å². The number of hydrogen-bond acceptors (Lipinski definition) is 4. The second kappa shape index (κ2) is 4.71. The highest BCUT2D eigenvalue weighted by molar-refractivity contribution is 7.09. The first kappa shape index (κ1) is 9.85. The Labute approximate surface area is 81.1 Å². The third kappa shape index (κ3) is 2.35. The Morgan fingerprint density at radius 1 is 1.38 bits per heavy atom. The van der Waals surface area contributed by atoms with Crippen LogP contribution in [0.2, 0.25) is 0 Å². The smallest absolute Gasteiger partial charge is 0.174 e. The van der Waals surface area contributed by atoms with Gasteiger partial charge in [-0.05, 0) is 6.92 Å². The van der Waals surface area contributed by atoms with Crippen molar-refractivity contribution in [2.24, 2.45) is 0 Å².